The van der Waals surface area contributed by atoms with Crippen LogP contribution in [-0.4, -0.2) is 26.3 Å². The van der Waals surface area contributed by atoms with Crippen LogP contribution in [0.5, 0.6) is 0 Å². The Labute approximate surface area is 176 Å². The lowest BCUT2D eigenvalue weighted by Gasteiger charge is -2.11. The Hall–Kier alpha value is -2.30. The summed E-state index contributed by atoms with van der Waals surface area (Å²) >= 11 is 1.72. The summed E-state index contributed by atoms with van der Waals surface area (Å²) < 4.78 is 52.3. The number of benzene rings is 2. The molecule has 29 heavy (non-hydrogen) atoms. The van der Waals surface area contributed by atoms with Gasteiger partial charge >= 0.3 is 0 Å². The number of sulfonamides is 1. The molecule has 0 aliphatic rings. The second-order valence-corrected chi connectivity index (χ2v) is 8.96. The van der Waals surface area contributed by atoms with Crippen LogP contribution in [0.1, 0.15) is 0 Å². The number of thioether (sulfide) groups is 2. The summed E-state index contributed by atoms with van der Waals surface area (Å²) in [5.74, 6) is -2.97. The zero-order chi connectivity index (χ0) is 21.4. The number of hydrogen-bond donors (Lipinski definition) is 2. The zero-order valence-electron chi connectivity index (χ0n) is 15.3. The lowest BCUT2D eigenvalue weighted by atomic mass is 10.2. The van der Waals surface area contributed by atoms with Crippen molar-refractivity contribution >= 4 is 50.8 Å². The van der Waals surface area contributed by atoms with Crippen LogP contribution in [0.2, 0.25) is 0 Å². The minimum Gasteiger partial charge on any atom is -0.322 e. The third-order valence-electron chi connectivity index (χ3n) is 3.46. The Balaban J connectivity index is 2.17. The summed E-state index contributed by atoms with van der Waals surface area (Å²) in [6.45, 7) is 3.58. The zero-order valence-corrected chi connectivity index (χ0v) is 17.7. The molecule has 0 saturated heterocycles. The summed E-state index contributed by atoms with van der Waals surface area (Å²) in [5, 5.41) is 4.25. The molecule has 0 aromatic heterocycles. The molecule has 1 amide bonds. The van der Waals surface area contributed by atoms with Crippen molar-refractivity contribution in [3.63, 3.8) is 0 Å². The van der Waals surface area contributed by atoms with E-state index in [1.807, 2.05) is 0 Å². The van der Waals surface area contributed by atoms with Crippen molar-refractivity contribution in [2.45, 2.75) is 15.5 Å². The van der Waals surface area contributed by atoms with Crippen molar-refractivity contribution in [2.75, 3.05) is 16.3 Å². The number of carbonyl (C=O) groups excluding carboxylic acids is 1. The van der Waals surface area contributed by atoms with Crippen LogP contribution in [0, 0.1) is 0 Å². The van der Waals surface area contributed by atoms with Crippen LogP contribution < -0.4 is 10.0 Å². The van der Waals surface area contributed by atoms with Crippen molar-refractivity contribution in [2.24, 2.45) is 0 Å². The Morgan fingerprint density at radius 3 is 2.41 bits per heavy atom. The molecule has 0 unspecified atom stereocenters. The van der Waals surface area contributed by atoms with Crippen molar-refractivity contribution in [3.05, 3.63) is 72.2 Å². The first-order chi connectivity index (χ1) is 13.7. The maximum absolute atomic E-state index is 12.6. The first-order valence-corrected chi connectivity index (χ1v) is 11.7. The molecule has 0 bridgehead atoms. The highest BCUT2D eigenvalue weighted by Crippen LogP contribution is 2.27. The van der Waals surface area contributed by atoms with Gasteiger partial charge in [0.15, 0.2) is 0 Å². The predicted octanol–water partition coefficient (Wildman–Crippen LogP) is 5.17. The molecular formula is C19H18F2N2O3S3. The van der Waals surface area contributed by atoms with E-state index in [-0.39, 0.29) is 10.6 Å². The minimum atomic E-state index is -3.94. The quantitative estimate of drug-likeness (QED) is 0.309. The molecule has 0 saturated carbocycles. The van der Waals surface area contributed by atoms with Gasteiger partial charge in [-0.05, 0) is 54.1 Å². The van der Waals surface area contributed by atoms with E-state index in [1.54, 1.807) is 17.7 Å². The van der Waals surface area contributed by atoms with Gasteiger partial charge in [-0.25, -0.2) is 8.42 Å². The number of rotatable bonds is 9. The summed E-state index contributed by atoms with van der Waals surface area (Å²) in [6.07, 6.45) is 3.21. The topological polar surface area (TPSA) is 75.3 Å². The number of carbonyl (C=O) groups is 1. The minimum absolute atomic E-state index is 0.0599. The second-order valence-electron chi connectivity index (χ2n) is 5.50. The molecule has 5 nitrogen and oxygen atoms in total. The van der Waals surface area contributed by atoms with Gasteiger partial charge in [-0.2, -0.15) is 8.78 Å². The van der Waals surface area contributed by atoms with Gasteiger partial charge in [0.25, 0.3) is 21.7 Å². The highest BCUT2D eigenvalue weighted by atomic mass is 32.2. The van der Waals surface area contributed by atoms with E-state index >= 15 is 0 Å². The Morgan fingerprint density at radius 1 is 1.14 bits per heavy atom. The van der Waals surface area contributed by atoms with Crippen molar-refractivity contribution in [1.29, 1.82) is 0 Å². The normalized spacial score (nSPS) is 11.9. The number of hydrogen-bond acceptors (Lipinski definition) is 5. The number of anilines is 2. The smallest absolute Gasteiger partial charge is 0.288 e. The second kappa shape index (κ2) is 10.5. The van der Waals surface area contributed by atoms with E-state index < -0.39 is 21.7 Å². The van der Waals surface area contributed by atoms with E-state index in [9.17, 15) is 22.0 Å². The molecule has 2 aromatic carbocycles. The van der Waals surface area contributed by atoms with Gasteiger partial charge in [0.1, 0.15) is 0 Å². The first-order valence-electron chi connectivity index (χ1n) is 8.09. The lowest BCUT2D eigenvalue weighted by molar-refractivity contribution is -0.112. The first kappa shape index (κ1) is 23.0. The maximum Gasteiger partial charge on any atom is 0.288 e. The molecule has 2 N–H and O–H groups in total. The summed E-state index contributed by atoms with van der Waals surface area (Å²) in [6, 6.07) is 11.4. The van der Waals surface area contributed by atoms with Gasteiger partial charge < -0.3 is 5.32 Å². The van der Waals surface area contributed by atoms with Gasteiger partial charge in [-0.1, -0.05) is 30.5 Å². The molecule has 0 spiro atoms. The molecule has 0 aliphatic carbocycles. The SMILES string of the molecule is C=C/C(=C\SC)C(=O)Nc1cccc(S(=O)(=O)Nc2ccc(SC(F)F)cc2)c1. The average molecular weight is 457 g/mol. The van der Waals surface area contributed by atoms with Crippen LogP contribution in [0.4, 0.5) is 20.2 Å². The van der Waals surface area contributed by atoms with Crippen LogP contribution >= 0.6 is 23.5 Å². The molecule has 0 heterocycles. The van der Waals surface area contributed by atoms with Crippen LogP contribution in [-0.2, 0) is 14.8 Å². The summed E-state index contributed by atoms with van der Waals surface area (Å²) in [7, 11) is -3.94. The molecule has 154 valence electrons. The Bertz CT molecular complexity index is 1010. The monoisotopic (exact) mass is 456 g/mol. The maximum atomic E-state index is 12.6. The van der Waals surface area contributed by atoms with E-state index in [4.69, 9.17) is 0 Å². The van der Waals surface area contributed by atoms with E-state index in [0.717, 1.165) is 0 Å². The third kappa shape index (κ3) is 6.91. The van der Waals surface area contributed by atoms with Crippen molar-refractivity contribution < 1.29 is 22.0 Å². The van der Waals surface area contributed by atoms with Crippen LogP contribution in [0.15, 0.2) is 82.0 Å². The lowest BCUT2D eigenvalue weighted by Crippen LogP contribution is -2.15. The largest absolute Gasteiger partial charge is 0.322 e. The van der Waals surface area contributed by atoms with Gasteiger partial charge in [0.2, 0.25) is 0 Å². The number of nitrogens with one attached hydrogen (secondary N) is 2. The standard InChI is InChI=1S/C19H18F2N2O3S3/c1-3-13(12-27-2)18(24)22-15-5-4-6-17(11-15)29(25,26)23-14-7-9-16(10-8-14)28-19(20)21/h3-12,19,23H,1H2,2H3,(H,22,24)/b13-12+. The van der Waals surface area contributed by atoms with Crippen LogP contribution in [0.25, 0.3) is 0 Å². The molecule has 2 rings (SSSR count). The number of amides is 1. The molecular weight excluding hydrogens is 438 g/mol. The van der Waals surface area contributed by atoms with Gasteiger partial charge in [-0.15, -0.1) is 11.8 Å². The fourth-order valence-electron chi connectivity index (χ4n) is 2.18. The van der Waals surface area contributed by atoms with Gasteiger partial charge in [-0.3, -0.25) is 9.52 Å². The molecule has 10 heteroatoms. The van der Waals surface area contributed by atoms with Crippen LogP contribution in [0.3, 0.4) is 0 Å². The number of halogens is 2. The molecule has 0 aliphatic heterocycles. The highest BCUT2D eigenvalue weighted by molar-refractivity contribution is 8.01. The molecule has 2 aromatic rings. The Kier molecular flexibility index (Phi) is 8.30. The molecule has 0 fully saturated rings. The van der Waals surface area contributed by atoms with Gasteiger partial charge in [0, 0.05) is 21.8 Å². The fourth-order valence-corrected chi connectivity index (χ4v) is 4.24. The summed E-state index contributed by atoms with van der Waals surface area (Å²) in [5.41, 5.74) is 0.885. The Morgan fingerprint density at radius 2 is 1.83 bits per heavy atom. The average Bonchev–Trinajstić information content (AvgIpc) is 2.67. The number of alkyl halides is 2. The van der Waals surface area contributed by atoms with E-state index in [2.05, 4.69) is 16.6 Å². The summed E-state index contributed by atoms with van der Waals surface area (Å²) in [4.78, 5) is 12.5. The van der Waals surface area contributed by atoms with E-state index in [1.165, 1.54) is 60.3 Å². The molecule has 0 atom stereocenters. The fraction of sp³-hybridized carbons (Fsp3) is 0.105. The van der Waals surface area contributed by atoms with Crippen molar-refractivity contribution in [1.82, 2.24) is 0 Å². The van der Waals surface area contributed by atoms with Gasteiger partial charge in [0.05, 0.1) is 4.90 Å². The van der Waals surface area contributed by atoms with Crippen molar-refractivity contribution in [3.8, 4) is 0 Å². The predicted molar refractivity (Wildman–Crippen MR) is 116 cm³/mol. The highest BCUT2D eigenvalue weighted by Gasteiger charge is 2.16. The van der Waals surface area contributed by atoms with E-state index in [0.29, 0.717) is 27.9 Å². The third-order valence-corrected chi connectivity index (χ3v) is 6.05. The molecule has 0 radical (unpaired) electrons.